The van der Waals surface area contributed by atoms with Crippen LogP contribution in [0.3, 0.4) is 0 Å². The molecule has 1 aromatic heterocycles. The summed E-state index contributed by atoms with van der Waals surface area (Å²) in [5.74, 6) is 0.621. The van der Waals surface area contributed by atoms with Crippen LogP contribution in [0, 0.1) is 6.92 Å². The highest BCUT2D eigenvalue weighted by Crippen LogP contribution is 2.16. The molecule has 6 nitrogen and oxygen atoms in total. The second-order valence-electron chi connectivity index (χ2n) is 6.56. The number of aryl methyl sites for hydroxylation is 1. The molecule has 0 spiro atoms. The molecule has 146 valence electrons. The van der Waals surface area contributed by atoms with E-state index in [9.17, 15) is 14.7 Å². The van der Waals surface area contributed by atoms with Crippen molar-refractivity contribution in [1.82, 2.24) is 9.13 Å². The lowest BCUT2D eigenvalue weighted by Gasteiger charge is -2.12. The first kappa shape index (κ1) is 20.1. The average Bonchev–Trinajstić information content (AvgIpc) is 2.94. The maximum absolute atomic E-state index is 12.8. The molecule has 3 aromatic rings. The average molecular weight is 445 g/mol. The summed E-state index contributed by atoms with van der Waals surface area (Å²) in [6, 6.07) is 14.2. The molecule has 0 saturated heterocycles. The molecule has 0 aliphatic rings. The maximum atomic E-state index is 12.8. The standard InChI is InChI=1S/C21H21BrN2O4/c1-14-11-23(12-19(26)13-28-20-9-5-17(22)6-10-20)21(27)24(14)18-7-3-16(4-8-18)15(2)25/h3-11,19,26H,12-13H2,1-2H3. The van der Waals surface area contributed by atoms with Gasteiger partial charge in [-0.15, -0.1) is 0 Å². The summed E-state index contributed by atoms with van der Waals surface area (Å²) in [6.07, 6.45) is 0.862. The van der Waals surface area contributed by atoms with Gasteiger partial charge >= 0.3 is 5.69 Å². The van der Waals surface area contributed by atoms with Crippen LogP contribution in [0.2, 0.25) is 0 Å². The zero-order valence-electron chi connectivity index (χ0n) is 15.6. The number of ketones is 1. The number of ether oxygens (including phenoxy) is 1. The molecule has 0 aliphatic carbocycles. The van der Waals surface area contributed by atoms with Crippen molar-refractivity contribution in [2.45, 2.75) is 26.5 Å². The third-order valence-electron chi connectivity index (χ3n) is 4.33. The molecule has 0 radical (unpaired) electrons. The number of nitrogens with zero attached hydrogens (tertiary/aromatic N) is 2. The molecule has 7 heteroatoms. The predicted molar refractivity (Wildman–Crippen MR) is 110 cm³/mol. The molecule has 0 fully saturated rings. The highest BCUT2D eigenvalue weighted by atomic mass is 79.9. The fraction of sp³-hybridized carbons (Fsp3) is 0.238. The third-order valence-corrected chi connectivity index (χ3v) is 4.86. The monoisotopic (exact) mass is 444 g/mol. The Kier molecular flexibility index (Phi) is 6.16. The van der Waals surface area contributed by atoms with Crippen LogP contribution in [0.4, 0.5) is 0 Å². The van der Waals surface area contributed by atoms with E-state index in [1.165, 1.54) is 11.5 Å². The number of hydrogen-bond donors (Lipinski definition) is 1. The zero-order valence-corrected chi connectivity index (χ0v) is 17.2. The van der Waals surface area contributed by atoms with Crippen molar-refractivity contribution < 1.29 is 14.6 Å². The summed E-state index contributed by atoms with van der Waals surface area (Å²) in [6.45, 7) is 3.52. The van der Waals surface area contributed by atoms with Gasteiger partial charge in [0.25, 0.3) is 0 Å². The van der Waals surface area contributed by atoms with E-state index in [1.54, 1.807) is 47.2 Å². The molecule has 0 saturated carbocycles. The fourth-order valence-electron chi connectivity index (χ4n) is 2.91. The number of halogens is 1. The molecule has 0 amide bonds. The number of aliphatic hydroxyl groups is 1. The summed E-state index contributed by atoms with van der Waals surface area (Å²) in [5.41, 5.74) is 1.75. The van der Waals surface area contributed by atoms with Crippen LogP contribution in [0.1, 0.15) is 23.0 Å². The van der Waals surface area contributed by atoms with E-state index in [0.717, 1.165) is 10.2 Å². The lowest BCUT2D eigenvalue weighted by atomic mass is 10.1. The van der Waals surface area contributed by atoms with E-state index in [4.69, 9.17) is 4.74 Å². The van der Waals surface area contributed by atoms with E-state index in [2.05, 4.69) is 15.9 Å². The van der Waals surface area contributed by atoms with E-state index in [1.807, 2.05) is 19.1 Å². The van der Waals surface area contributed by atoms with E-state index < -0.39 is 6.10 Å². The van der Waals surface area contributed by atoms with Crippen molar-refractivity contribution in [1.29, 1.82) is 0 Å². The zero-order chi connectivity index (χ0) is 20.3. The molecule has 0 bridgehead atoms. The van der Waals surface area contributed by atoms with Crippen molar-refractivity contribution in [3.63, 3.8) is 0 Å². The largest absolute Gasteiger partial charge is 0.491 e. The molecule has 28 heavy (non-hydrogen) atoms. The van der Waals surface area contributed by atoms with Crippen LogP contribution in [0.5, 0.6) is 5.75 Å². The molecule has 3 rings (SSSR count). The molecular weight excluding hydrogens is 424 g/mol. The number of imidazole rings is 1. The van der Waals surface area contributed by atoms with Crippen molar-refractivity contribution in [2.75, 3.05) is 6.61 Å². The number of aliphatic hydroxyl groups excluding tert-OH is 1. The van der Waals surface area contributed by atoms with Gasteiger partial charge in [0.05, 0.1) is 12.2 Å². The van der Waals surface area contributed by atoms with Gasteiger partial charge in [0.15, 0.2) is 5.78 Å². The van der Waals surface area contributed by atoms with Crippen molar-refractivity contribution in [3.05, 3.63) is 80.9 Å². The molecule has 2 aromatic carbocycles. The minimum absolute atomic E-state index is 0.0258. The van der Waals surface area contributed by atoms with Gasteiger partial charge in [-0.25, -0.2) is 4.79 Å². The Labute approximate surface area is 171 Å². The van der Waals surface area contributed by atoms with Gasteiger partial charge in [0.1, 0.15) is 18.5 Å². The topological polar surface area (TPSA) is 73.5 Å². The van der Waals surface area contributed by atoms with Crippen molar-refractivity contribution >= 4 is 21.7 Å². The predicted octanol–water partition coefficient (Wildman–Crippen LogP) is 3.35. The van der Waals surface area contributed by atoms with Crippen LogP contribution in [0.25, 0.3) is 5.69 Å². The molecule has 1 heterocycles. The first-order chi connectivity index (χ1) is 13.3. The molecular formula is C21H21BrN2O4. The minimum atomic E-state index is -0.836. The number of benzene rings is 2. The van der Waals surface area contributed by atoms with Crippen LogP contribution in [0.15, 0.2) is 64.0 Å². The number of Topliss-reactive ketones (excluding diaryl/α,β-unsaturated/α-hetero) is 1. The SMILES string of the molecule is CC(=O)c1ccc(-n2c(C)cn(CC(O)COc3ccc(Br)cc3)c2=O)cc1. The minimum Gasteiger partial charge on any atom is -0.491 e. The highest BCUT2D eigenvalue weighted by Gasteiger charge is 2.14. The molecule has 1 N–H and O–H groups in total. The summed E-state index contributed by atoms with van der Waals surface area (Å²) in [5, 5.41) is 10.3. The van der Waals surface area contributed by atoms with E-state index in [0.29, 0.717) is 17.0 Å². The van der Waals surface area contributed by atoms with Gasteiger partial charge in [-0.2, -0.15) is 0 Å². The van der Waals surface area contributed by atoms with E-state index in [-0.39, 0.29) is 24.6 Å². The second-order valence-corrected chi connectivity index (χ2v) is 7.48. The number of carbonyl (C=O) groups is 1. The Balaban J connectivity index is 1.71. The Morgan fingerprint density at radius 1 is 1.14 bits per heavy atom. The van der Waals surface area contributed by atoms with Crippen molar-refractivity contribution in [2.24, 2.45) is 0 Å². The van der Waals surface area contributed by atoms with Gasteiger partial charge in [-0.05, 0) is 62.4 Å². The number of rotatable bonds is 7. The normalized spacial score (nSPS) is 12.0. The first-order valence-electron chi connectivity index (χ1n) is 8.81. The quantitative estimate of drug-likeness (QED) is 0.567. The van der Waals surface area contributed by atoms with Crippen LogP contribution in [-0.2, 0) is 6.54 Å². The highest BCUT2D eigenvalue weighted by molar-refractivity contribution is 9.10. The van der Waals surface area contributed by atoms with Gasteiger partial charge in [0.2, 0.25) is 0 Å². The Morgan fingerprint density at radius 2 is 1.79 bits per heavy atom. The van der Waals surface area contributed by atoms with Gasteiger partial charge in [-0.1, -0.05) is 15.9 Å². The van der Waals surface area contributed by atoms with Gasteiger partial charge in [0, 0.05) is 21.9 Å². The smallest absolute Gasteiger partial charge is 0.333 e. The molecule has 1 unspecified atom stereocenters. The number of hydrogen-bond acceptors (Lipinski definition) is 4. The third kappa shape index (κ3) is 4.61. The lowest BCUT2D eigenvalue weighted by Crippen LogP contribution is -2.30. The van der Waals surface area contributed by atoms with Crippen LogP contribution < -0.4 is 10.4 Å². The van der Waals surface area contributed by atoms with Crippen LogP contribution in [-0.4, -0.2) is 32.7 Å². The maximum Gasteiger partial charge on any atom is 0.333 e. The lowest BCUT2D eigenvalue weighted by molar-refractivity contribution is 0.0916. The van der Waals surface area contributed by atoms with Crippen LogP contribution >= 0.6 is 15.9 Å². The van der Waals surface area contributed by atoms with E-state index >= 15 is 0 Å². The van der Waals surface area contributed by atoms with Gasteiger partial charge < -0.3 is 9.84 Å². The molecule has 1 atom stereocenters. The number of carbonyl (C=O) groups excluding carboxylic acids is 1. The Morgan fingerprint density at radius 3 is 2.39 bits per heavy atom. The molecule has 0 aliphatic heterocycles. The summed E-state index contributed by atoms with van der Waals surface area (Å²) in [7, 11) is 0. The summed E-state index contributed by atoms with van der Waals surface area (Å²) >= 11 is 3.35. The van der Waals surface area contributed by atoms with Gasteiger partial charge in [-0.3, -0.25) is 13.9 Å². The van der Waals surface area contributed by atoms with Crippen molar-refractivity contribution in [3.8, 4) is 11.4 Å². The Bertz CT molecular complexity index is 1020. The fourth-order valence-corrected chi connectivity index (χ4v) is 3.18. The summed E-state index contributed by atoms with van der Waals surface area (Å²) in [4.78, 5) is 24.2. The first-order valence-corrected chi connectivity index (χ1v) is 9.61. The second kappa shape index (κ2) is 8.58. The Hall–Kier alpha value is -2.64. The number of aromatic nitrogens is 2. The summed E-state index contributed by atoms with van der Waals surface area (Å²) < 4.78 is 9.52.